The number of rotatable bonds is 2. The van der Waals surface area contributed by atoms with Gasteiger partial charge in [-0.05, 0) is 40.2 Å². The van der Waals surface area contributed by atoms with Crippen LogP contribution in [0.25, 0.3) is 0 Å². The topological polar surface area (TPSA) is 45.9 Å². The minimum absolute atomic E-state index is 0.451. The van der Waals surface area contributed by atoms with Crippen LogP contribution < -0.4 is 4.74 Å². The summed E-state index contributed by atoms with van der Waals surface area (Å²) in [5.41, 5.74) is 0.507. The van der Waals surface area contributed by atoms with Gasteiger partial charge in [0.1, 0.15) is 11.8 Å². The third-order valence-electron chi connectivity index (χ3n) is 1.97. The second-order valence-electron chi connectivity index (χ2n) is 3.17. The van der Waals surface area contributed by atoms with E-state index in [2.05, 4.69) is 36.8 Å². The highest BCUT2D eigenvalue weighted by Gasteiger charge is 2.04. The maximum Gasteiger partial charge on any atom is 0.219 e. The van der Waals surface area contributed by atoms with E-state index in [0.717, 1.165) is 8.95 Å². The van der Waals surface area contributed by atoms with E-state index in [1.807, 2.05) is 24.3 Å². The molecule has 0 amide bonds. The Balaban J connectivity index is 2.23. The van der Waals surface area contributed by atoms with Crippen molar-refractivity contribution in [2.24, 2.45) is 0 Å². The van der Waals surface area contributed by atoms with Crippen molar-refractivity contribution in [2.45, 2.75) is 0 Å². The molecule has 0 fully saturated rings. The first-order chi connectivity index (χ1) is 8.19. The molecule has 0 unspecified atom stereocenters. The van der Waals surface area contributed by atoms with Gasteiger partial charge < -0.3 is 4.74 Å². The number of aromatic nitrogens is 1. The highest BCUT2D eigenvalue weighted by Crippen LogP contribution is 2.31. The van der Waals surface area contributed by atoms with Crippen molar-refractivity contribution in [3.8, 4) is 17.7 Å². The molecular formula is C12H6Br2N2O. The van der Waals surface area contributed by atoms with Gasteiger partial charge in [0.25, 0.3) is 0 Å². The average Bonchev–Trinajstić information content (AvgIpc) is 2.34. The molecule has 3 nitrogen and oxygen atoms in total. The van der Waals surface area contributed by atoms with Crippen LogP contribution in [0.1, 0.15) is 5.56 Å². The largest absolute Gasteiger partial charge is 0.438 e. The van der Waals surface area contributed by atoms with E-state index in [-0.39, 0.29) is 0 Å². The van der Waals surface area contributed by atoms with E-state index in [9.17, 15) is 0 Å². The molecule has 0 aliphatic rings. The molecule has 84 valence electrons. The predicted molar refractivity (Wildman–Crippen MR) is 70.9 cm³/mol. The summed E-state index contributed by atoms with van der Waals surface area (Å²) in [7, 11) is 0. The Morgan fingerprint density at radius 2 is 2.00 bits per heavy atom. The summed E-state index contributed by atoms with van der Waals surface area (Å²) in [4.78, 5) is 4.03. The van der Waals surface area contributed by atoms with Crippen LogP contribution in [0.3, 0.4) is 0 Å². The summed E-state index contributed by atoms with van der Waals surface area (Å²) in [6, 6.07) is 10.9. The molecule has 2 rings (SSSR count). The lowest BCUT2D eigenvalue weighted by molar-refractivity contribution is 0.460. The van der Waals surface area contributed by atoms with Crippen LogP contribution in [0, 0.1) is 11.3 Å². The van der Waals surface area contributed by atoms with Crippen LogP contribution in [0.2, 0.25) is 0 Å². The molecule has 5 heteroatoms. The normalized spacial score (nSPS) is 9.71. The Kier molecular flexibility index (Phi) is 3.77. The van der Waals surface area contributed by atoms with Gasteiger partial charge >= 0.3 is 0 Å². The van der Waals surface area contributed by atoms with Gasteiger partial charge in [0.15, 0.2) is 0 Å². The second kappa shape index (κ2) is 5.30. The van der Waals surface area contributed by atoms with Gasteiger partial charge in [-0.15, -0.1) is 0 Å². The van der Waals surface area contributed by atoms with E-state index in [1.54, 1.807) is 12.1 Å². The van der Waals surface area contributed by atoms with Crippen LogP contribution >= 0.6 is 31.9 Å². The zero-order valence-electron chi connectivity index (χ0n) is 8.52. The summed E-state index contributed by atoms with van der Waals surface area (Å²) in [6.07, 6.45) is 1.47. The highest BCUT2D eigenvalue weighted by atomic mass is 79.9. The molecule has 0 aliphatic carbocycles. The zero-order chi connectivity index (χ0) is 12.3. The first-order valence-corrected chi connectivity index (χ1v) is 6.27. The van der Waals surface area contributed by atoms with Crippen LogP contribution in [0.15, 0.2) is 45.5 Å². The molecule has 0 spiro atoms. The lowest BCUT2D eigenvalue weighted by Crippen LogP contribution is -1.89. The Hall–Kier alpha value is -1.38. The molecule has 0 bridgehead atoms. The number of hydrogen-bond acceptors (Lipinski definition) is 3. The fourth-order valence-electron chi connectivity index (χ4n) is 1.18. The number of pyridine rings is 1. The van der Waals surface area contributed by atoms with Gasteiger partial charge in [-0.1, -0.05) is 15.9 Å². The lowest BCUT2D eigenvalue weighted by Gasteiger charge is -2.06. The number of nitrogens with zero attached hydrogens (tertiary/aromatic N) is 2. The summed E-state index contributed by atoms with van der Waals surface area (Å²) >= 11 is 6.76. The highest BCUT2D eigenvalue weighted by molar-refractivity contribution is 9.11. The van der Waals surface area contributed by atoms with Crippen molar-refractivity contribution in [1.82, 2.24) is 4.98 Å². The minimum atomic E-state index is 0.451. The van der Waals surface area contributed by atoms with Crippen LogP contribution in [-0.4, -0.2) is 4.98 Å². The molecule has 0 N–H and O–H groups in total. The number of halogens is 2. The van der Waals surface area contributed by atoms with Crippen LogP contribution in [0.4, 0.5) is 0 Å². The maximum absolute atomic E-state index is 8.65. The van der Waals surface area contributed by atoms with Crippen molar-refractivity contribution >= 4 is 31.9 Å². The fraction of sp³-hybridized carbons (Fsp3) is 0. The minimum Gasteiger partial charge on any atom is -0.438 e. The van der Waals surface area contributed by atoms with Gasteiger partial charge in [0.2, 0.25) is 5.88 Å². The van der Waals surface area contributed by atoms with E-state index >= 15 is 0 Å². The predicted octanol–water partition coefficient (Wildman–Crippen LogP) is 4.27. The van der Waals surface area contributed by atoms with E-state index < -0.39 is 0 Å². The molecule has 17 heavy (non-hydrogen) atoms. The average molecular weight is 354 g/mol. The molecule has 1 aromatic carbocycles. The van der Waals surface area contributed by atoms with Crippen LogP contribution in [0.5, 0.6) is 11.6 Å². The number of hydrogen-bond donors (Lipinski definition) is 0. The summed E-state index contributed by atoms with van der Waals surface area (Å²) < 4.78 is 7.37. The number of nitriles is 1. The number of benzene rings is 1. The van der Waals surface area contributed by atoms with Gasteiger partial charge in [-0.2, -0.15) is 5.26 Å². The Labute approximate surface area is 115 Å². The van der Waals surface area contributed by atoms with Crippen molar-refractivity contribution in [1.29, 1.82) is 5.26 Å². The Morgan fingerprint density at radius 1 is 1.18 bits per heavy atom. The van der Waals surface area contributed by atoms with Crippen LogP contribution in [-0.2, 0) is 0 Å². The SMILES string of the molecule is N#Cc1ccc(Oc2ccc(Br)cc2Br)nc1. The van der Waals surface area contributed by atoms with Crippen molar-refractivity contribution in [3.05, 3.63) is 51.0 Å². The van der Waals surface area contributed by atoms with Crippen molar-refractivity contribution in [3.63, 3.8) is 0 Å². The Morgan fingerprint density at radius 3 is 2.59 bits per heavy atom. The summed E-state index contributed by atoms with van der Waals surface area (Å²) in [6.45, 7) is 0. The molecule has 0 atom stereocenters. The van der Waals surface area contributed by atoms with E-state index in [0.29, 0.717) is 17.2 Å². The molecule has 2 aromatic rings. The standard InChI is InChI=1S/C12H6Br2N2O/c13-9-2-3-11(10(14)5-9)17-12-4-1-8(6-15)7-16-12/h1-5,7H. The quantitative estimate of drug-likeness (QED) is 0.809. The third kappa shape index (κ3) is 3.05. The van der Waals surface area contributed by atoms with E-state index in [1.165, 1.54) is 6.20 Å². The molecule has 1 aromatic heterocycles. The third-order valence-corrected chi connectivity index (χ3v) is 3.09. The van der Waals surface area contributed by atoms with Crippen molar-refractivity contribution in [2.75, 3.05) is 0 Å². The maximum atomic E-state index is 8.65. The molecule has 0 saturated heterocycles. The van der Waals surface area contributed by atoms with E-state index in [4.69, 9.17) is 10.00 Å². The second-order valence-corrected chi connectivity index (χ2v) is 4.94. The van der Waals surface area contributed by atoms with Crippen molar-refractivity contribution < 1.29 is 4.74 Å². The molecule has 0 saturated carbocycles. The smallest absolute Gasteiger partial charge is 0.219 e. The first kappa shape index (κ1) is 12.1. The fourth-order valence-corrected chi connectivity index (χ4v) is 2.31. The van der Waals surface area contributed by atoms with Gasteiger partial charge in [0, 0.05) is 16.7 Å². The Bertz CT molecular complexity index is 576. The summed E-state index contributed by atoms with van der Waals surface area (Å²) in [5, 5.41) is 8.65. The molecule has 1 heterocycles. The zero-order valence-corrected chi connectivity index (χ0v) is 11.7. The first-order valence-electron chi connectivity index (χ1n) is 4.68. The lowest BCUT2D eigenvalue weighted by atomic mass is 10.3. The van der Waals surface area contributed by atoms with Gasteiger partial charge in [0.05, 0.1) is 10.0 Å². The number of ether oxygens (including phenoxy) is 1. The van der Waals surface area contributed by atoms with Gasteiger partial charge in [-0.3, -0.25) is 0 Å². The van der Waals surface area contributed by atoms with Gasteiger partial charge in [-0.25, -0.2) is 4.98 Å². The molecule has 0 radical (unpaired) electrons. The monoisotopic (exact) mass is 352 g/mol. The summed E-state index contributed by atoms with van der Waals surface area (Å²) in [5.74, 6) is 1.12. The molecule has 0 aliphatic heterocycles. The molecular weight excluding hydrogens is 348 g/mol.